The van der Waals surface area contributed by atoms with Crippen LogP contribution < -0.4 is 9.88 Å². The summed E-state index contributed by atoms with van der Waals surface area (Å²) < 4.78 is 27.9. The van der Waals surface area contributed by atoms with Crippen LogP contribution >= 0.6 is 23.2 Å². The fraction of sp³-hybridized carbons (Fsp3) is 0.364. The first kappa shape index (κ1) is 17.0. The number of rotatable bonds is 4. The molecule has 2 N–H and O–H groups in total. The molecule has 1 amide bonds. The molecule has 0 saturated carbocycles. The zero-order chi connectivity index (χ0) is 15.7. The monoisotopic (exact) mass is 340 g/mol. The molecule has 9 heteroatoms. The highest BCUT2D eigenvalue weighted by molar-refractivity contribution is 7.89. The number of amides is 1. The molecular weight excluding hydrogens is 327 g/mol. The van der Waals surface area contributed by atoms with Gasteiger partial charge in [0, 0.05) is 20.2 Å². The number of nitrogens with zero attached hydrogens (tertiary/aromatic N) is 1. The van der Waals surface area contributed by atoms with Gasteiger partial charge in [-0.1, -0.05) is 23.2 Å². The lowest BCUT2D eigenvalue weighted by Crippen LogP contribution is -2.35. The maximum Gasteiger partial charge on any atom is 0.262 e. The Hall–Kier alpha value is -1.02. The Kier molecular flexibility index (Phi) is 5.26. The van der Waals surface area contributed by atoms with Crippen LogP contribution in [0.2, 0.25) is 10.0 Å². The van der Waals surface area contributed by atoms with Crippen molar-refractivity contribution in [1.29, 1.82) is 0 Å². The Morgan fingerprint density at radius 2 is 1.85 bits per heavy atom. The van der Waals surface area contributed by atoms with Gasteiger partial charge in [-0.15, -0.1) is 0 Å². The van der Waals surface area contributed by atoms with E-state index in [4.69, 9.17) is 33.1 Å². The number of ether oxygens (including phenoxy) is 1. The molecule has 1 aromatic carbocycles. The molecule has 0 bridgehead atoms. The zero-order valence-electron chi connectivity index (χ0n) is 11.1. The number of hydrogen-bond donors (Lipinski definition) is 1. The van der Waals surface area contributed by atoms with E-state index in [2.05, 4.69) is 0 Å². The van der Waals surface area contributed by atoms with Crippen molar-refractivity contribution in [1.82, 2.24) is 4.90 Å². The number of sulfonamides is 1. The number of hydrogen-bond acceptors (Lipinski definition) is 4. The molecule has 1 aromatic rings. The SMILES string of the molecule is CC(Oc1cc(Cl)c(S(N)(=O)=O)cc1Cl)C(=O)N(C)C. The molecule has 112 valence electrons. The summed E-state index contributed by atoms with van der Waals surface area (Å²) in [6, 6.07) is 2.30. The molecule has 0 saturated heterocycles. The largest absolute Gasteiger partial charge is 0.479 e. The minimum atomic E-state index is -3.98. The molecule has 0 spiro atoms. The van der Waals surface area contributed by atoms with Crippen LogP contribution in [0, 0.1) is 0 Å². The van der Waals surface area contributed by atoms with Gasteiger partial charge in [0.15, 0.2) is 6.10 Å². The zero-order valence-corrected chi connectivity index (χ0v) is 13.4. The van der Waals surface area contributed by atoms with Crippen molar-refractivity contribution >= 4 is 39.1 Å². The van der Waals surface area contributed by atoms with Crippen LogP contribution in [0.4, 0.5) is 0 Å². The second-order valence-electron chi connectivity index (χ2n) is 4.25. The van der Waals surface area contributed by atoms with Crippen molar-refractivity contribution in [3.05, 3.63) is 22.2 Å². The quantitative estimate of drug-likeness (QED) is 0.899. The van der Waals surface area contributed by atoms with Crippen LogP contribution in [0.3, 0.4) is 0 Å². The first-order valence-electron chi connectivity index (χ1n) is 5.43. The maximum atomic E-state index is 11.7. The van der Waals surface area contributed by atoms with Crippen molar-refractivity contribution in [2.24, 2.45) is 5.14 Å². The molecule has 1 rings (SSSR count). The van der Waals surface area contributed by atoms with E-state index in [1.54, 1.807) is 21.0 Å². The van der Waals surface area contributed by atoms with Gasteiger partial charge in [-0.25, -0.2) is 13.6 Å². The number of carbonyl (C=O) groups excluding carboxylic acids is 1. The molecular formula is C11H14Cl2N2O4S. The first-order chi connectivity index (χ1) is 9.04. The van der Waals surface area contributed by atoms with Crippen LogP contribution in [0.25, 0.3) is 0 Å². The molecule has 0 aromatic heterocycles. The highest BCUT2D eigenvalue weighted by Gasteiger charge is 2.21. The topological polar surface area (TPSA) is 89.7 Å². The summed E-state index contributed by atoms with van der Waals surface area (Å²) in [5, 5.41) is 4.86. The van der Waals surface area contributed by atoms with E-state index < -0.39 is 16.1 Å². The van der Waals surface area contributed by atoms with Gasteiger partial charge in [-0.3, -0.25) is 4.79 Å². The van der Waals surface area contributed by atoms with Crippen molar-refractivity contribution < 1.29 is 17.9 Å². The van der Waals surface area contributed by atoms with Gasteiger partial charge in [-0.2, -0.15) is 0 Å². The Balaban J connectivity index is 3.11. The van der Waals surface area contributed by atoms with Crippen LogP contribution in [0.15, 0.2) is 17.0 Å². The summed E-state index contributed by atoms with van der Waals surface area (Å²) in [6.07, 6.45) is -0.793. The Labute approximate surface area is 127 Å². The fourth-order valence-electron chi connectivity index (χ4n) is 1.42. The van der Waals surface area contributed by atoms with Crippen LogP contribution in [-0.4, -0.2) is 39.4 Å². The number of carbonyl (C=O) groups is 1. The standard InChI is InChI=1S/C11H14Cl2N2O4S/c1-6(11(16)15(2)3)19-9-4-8(13)10(5-7(9)12)20(14,17)18/h4-6H,1-3H3,(H2,14,17,18). The van der Waals surface area contributed by atoms with Gasteiger partial charge in [0.2, 0.25) is 10.0 Å². The summed E-state index contributed by atoms with van der Waals surface area (Å²) in [6.45, 7) is 1.54. The molecule has 1 unspecified atom stereocenters. The Bertz CT molecular complexity index is 632. The highest BCUT2D eigenvalue weighted by Crippen LogP contribution is 2.33. The van der Waals surface area contributed by atoms with E-state index in [0.717, 1.165) is 6.07 Å². The summed E-state index contributed by atoms with van der Waals surface area (Å²) in [4.78, 5) is 12.7. The average molecular weight is 341 g/mol. The predicted octanol–water partition coefficient (Wildman–Crippen LogP) is 1.50. The third kappa shape index (κ3) is 3.99. The number of nitrogens with two attached hydrogens (primary N) is 1. The summed E-state index contributed by atoms with van der Waals surface area (Å²) in [5.41, 5.74) is 0. The molecule has 0 aliphatic carbocycles. The van der Waals surface area contributed by atoms with Crippen molar-refractivity contribution in [3.8, 4) is 5.75 Å². The second-order valence-corrected chi connectivity index (χ2v) is 6.60. The van der Waals surface area contributed by atoms with Crippen molar-refractivity contribution in [2.45, 2.75) is 17.9 Å². The molecule has 0 radical (unpaired) electrons. The first-order valence-corrected chi connectivity index (χ1v) is 7.74. The molecule has 0 heterocycles. The Morgan fingerprint density at radius 1 is 1.30 bits per heavy atom. The summed E-state index contributed by atoms with van der Waals surface area (Å²) in [7, 11) is -0.810. The van der Waals surface area contributed by atoms with Gasteiger partial charge in [-0.05, 0) is 13.0 Å². The summed E-state index contributed by atoms with van der Waals surface area (Å²) >= 11 is 11.7. The summed E-state index contributed by atoms with van der Waals surface area (Å²) in [5.74, 6) is -0.167. The third-order valence-corrected chi connectivity index (χ3v) is 4.06. The number of likely N-dealkylation sites (N-methyl/N-ethyl adjacent to an activating group) is 1. The molecule has 0 fully saturated rings. The predicted molar refractivity (Wildman–Crippen MR) is 76.6 cm³/mol. The molecule has 6 nitrogen and oxygen atoms in total. The molecule has 0 aliphatic heterocycles. The second kappa shape index (κ2) is 6.17. The molecule has 0 aliphatic rings. The van der Waals surface area contributed by atoms with E-state index in [1.807, 2.05) is 0 Å². The van der Waals surface area contributed by atoms with Crippen LogP contribution in [-0.2, 0) is 14.8 Å². The molecule has 20 heavy (non-hydrogen) atoms. The highest BCUT2D eigenvalue weighted by atomic mass is 35.5. The minimum Gasteiger partial charge on any atom is -0.479 e. The van der Waals surface area contributed by atoms with Crippen molar-refractivity contribution in [3.63, 3.8) is 0 Å². The lowest BCUT2D eigenvalue weighted by Gasteiger charge is -2.19. The van der Waals surface area contributed by atoms with Gasteiger partial charge in [0.25, 0.3) is 5.91 Å². The number of benzene rings is 1. The van der Waals surface area contributed by atoms with Gasteiger partial charge in [0.1, 0.15) is 10.6 Å². The Morgan fingerprint density at radius 3 is 2.30 bits per heavy atom. The lowest BCUT2D eigenvalue weighted by molar-refractivity contribution is -0.135. The van der Waals surface area contributed by atoms with Crippen molar-refractivity contribution in [2.75, 3.05) is 14.1 Å². The maximum absolute atomic E-state index is 11.7. The van der Waals surface area contributed by atoms with E-state index in [0.29, 0.717) is 0 Å². The van der Waals surface area contributed by atoms with E-state index in [9.17, 15) is 13.2 Å². The van der Waals surface area contributed by atoms with E-state index >= 15 is 0 Å². The van der Waals surface area contributed by atoms with Crippen LogP contribution in [0.5, 0.6) is 5.75 Å². The molecule has 1 atom stereocenters. The minimum absolute atomic E-state index is 0.00293. The average Bonchev–Trinajstić information content (AvgIpc) is 2.30. The number of halogens is 2. The van der Waals surface area contributed by atoms with E-state index in [1.165, 1.54) is 11.0 Å². The normalized spacial score (nSPS) is 12.9. The van der Waals surface area contributed by atoms with E-state index in [-0.39, 0.29) is 26.6 Å². The fourth-order valence-corrected chi connectivity index (χ4v) is 2.79. The lowest BCUT2D eigenvalue weighted by atomic mass is 10.3. The van der Waals surface area contributed by atoms with Gasteiger partial charge >= 0.3 is 0 Å². The smallest absolute Gasteiger partial charge is 0.262 e. The van der Waals surface area contributed by atoms with Gasteiger partial charge < -0.3 is 9.64 Å². The number of primary sulfonamides is 1. The van der Waals surface area contributed by atoms with Gasteiger partial charge in [0.05, 0.1) is 10.0 Å². The van der Waals surface area contributed by atoms with Crippen LogP contribution in [0.1, 0.15) is 6.92 Å². The third-order valence-electron chi connectivity index (χ3n) is 2.39.